The van der Waals surface area contributed by atoms with Crippen LogP contribution in [0.4, 0.5) is 4.79 Å². The highest BCUT2D eigenvalue weighted by Gasteiger charge is 2.24. The molecule has 1 saturated heterocycles. The number of ether oxygens (including phenoxy) is 3. The van der Waals surface area contributed by atoms with Gasteiger partial charge in [0.05, 0.1) is 20.3 Å². The summed E-state index contributed by atoms with van der Waals surface area (Å²) in [6, 6.07) is 12.2. The first-order valence-electron chi connectivity index (χ1n) is 7.94. The van der Waals surface area contributed by atoms with Crippen molar-refractivity contribution < 1.29 is 24.1 Å². The predicted octanol–water partition coefficient (Wildman–Crippen LogP) is 2.96. The summed E-state index contributed by atoms with van der Waals surface area (Å²) in [5.41, 5.74) is 1.19. The van der Waals surface area contributed by atoms with Gasteiger partial charge in [0.25, 0.3) is 0 Å². The van der Waals surface area contributed by atoms with Gasteiger partial charge in [-0.1, -0.05) is 24.3 Å². The van der Waals surface area contributed by atoms with Crippen molar-refractivity contribution in [2.24, 2.45) is 0 Å². The smallest absolute Gasteiger partial charge is 0.404 e. The lowest BCUT2D eigenvalue weighted by Crippen LogP contribution is -2.34. The van der Waals surface area contributed by atoms with Gasteiger partial charge in [0.15, 0.2) is 6.29 Å². The molecule has 0 spiro atoms. The molecule has 0 aromatic heterocycles. The van der Waals surface area contributed by atoms with E-state index in [1.54, 1.807) is 7.11 Å². The maximum absolute atomic E-state index is 10.4. The van der Waals surface area contributed by atoms with Crippen LogP contribution in [0, 0.1) is 0 Å². The average Bonchev–Trinajstić information content (AvgIpc) is 2.61. The third-order valence-corrected chi connectivity index (χ3v) is 4.18. The summed E-state index contributed by atoms with van der Waals surface area (Å²) < 4.78 is 16.8. The van der Waals surface area contributed by atoms with Crippen molar-refractivity contribution in [3.05, 3.63) is 42.0 Å². The highest BCUT2D eigenvalue weighted by atomic mass is 16.7. The molecule has 6 heteroatoms. The van der Waals surface area contributed by atoms with Crippen LogP contribution in [0.1, 0.15) is 17.9 Å². The molecule has 1 aliphatic heterocycles. The van der Waals surface area contributed by atoms with E-state index in [4.69, 9.17) is 19.3 Å². The summed E-state index contributed by atoms with van der Waals surface area (Å²) >= 11 is 0. The second-order valence-electron chi connectivity index (χ2n) is 5.75. The fourth-order valence-corrected chi connectivity index (χ4v) is 2.96. The fourth-order valence-electron chi connectivity index (χ4n) is 2.96. The first kappa shape index (κ1) is 16.5. The number of nitrogens with one attached hydrogen (secondary N) is 1. The molecule has 128 valence electrons. The third kappa shape index (κ3) is 3.77. The van der Waals surface area contributed by atoms with E-state index < -0.39 is 6.09 Å². The lowest BCUT2D eigenvalue weighted by Gasteiger charge is -2.30. The SMILES string of the molecule is COc1ccc2c(C3COC(CCNC(=O)O)OC3)cccc2c1. The number of hydrogen-bond acceptors (Lipinski definition) is 4. The van der Waals surface area contributed by atoms with E-state index in [1.165, 1.54) is 10.9 Å². The normalized spacial score (nSPS) is 20.7. The molecule has 2 N–H and O–H groups in total. The second-order valence-corrected chi connectivity index (χ2v) is 5.75. The van der Waals surface area contributed by atoms with Crippen LogP contribution in [0.15, 0.2) is 36.4 Å². The Bertz CT molecular complexity index is 710. The van der Waals surface area contributed by atoms with Crippen LogP contribution < -0.4 is 10.1 Å². The molecule has 3 rings (SSSR count). The second kappa shape index (κ2) is 7.51. The zero-order chi connectivity index (χ0) is 16.9. The Kier molecular flexibility index (Phi) is 5.17. The Morgan fingerprint density at radius 1 is 1.29 bits per heavy atom. The number of hydrogen-bond donors (Lipinski definition) is 2. The van der Waals surface area contributed by atoms with E-state index in [1.807, 2.05) is 18.2 Å². The largest absolute Gasteiger partial charge is 0.497 e. The molecule has 0 aliphatic carbocycles. The van der Waals surface area contributed by atoms with Gasteiger partial charge in [0.1, 0.15) is 5.75 Å². The van der Waals surface area contributed by atoms with Crippen LogP contribution in [0.25, 0.3) is 10.8 Å². The number of rotatable bonds is 5. The number of carbonyl (C=O) groups is 1. The number of carboxylic acid groups (broad SMARTS) is 1. The van der Waals surface area contributed by atoms with Gasteiger partial charge in [-0.05, 0) is 28.5 Å². The first-order valence-corrected chi connectivity index (χ1v) is 7.94. The van der Waals surface area contributed by atoms with Gasteiger partial charge in [-0.15, -0.1) is 0 Å². The molecule has 6 nitrogen and oxygen atoms in total. The number of methoxy groups -OCH3 is 1. The van der Waals surface area contributed by atoms with Gasteiger partial charge in [0, 0.05) is 18.9 Å². The van der Waals surface area contributed by atoms with Gasteiger partial charge >= 0.3 is 6.09 Å². The summed E-state index contributed by atoms with van der Waals surface area (Å²) in [5.74, 6) is 0.993. The molecule has 1 heterocycles. The monoisotopic (exact) mass is 331 g/mol. The third-order valence-electron chi connectivity index (χ3n) is 4.18. The molecule has 0 bridgehead atoms. The molecule has 2 aromatic carbocycles. The summed E-state index contributed by atoms with van der Waals surface area (Å²) in [5, 5.41) is 13.2. The maximum atomic E-state index is 10.4. The highest BCUT2D eigenvalue weighted by molar-refractivity contribution is 5.87. The van der Waals surface area contributed by atoms with Gasteiger partial charge in [-0.3, -0.25) is 0 Å². The Hall–Kier alpha value is -2.31. The van der Waals surface area contributed by atoms with E-state index in [-0.39, 0.29) is 12.2 Å². The maximum Gasteiger partial charge on any atom is 0.404 e. The van der Waals surface area contributed by atoms with Gasteiger partial charge < -0.3 is 24.6 Å². The van der Waals surface area contributed by atoms with Gasteiger partial charge in [-0.2, -0.15) is 0 Å². The minimum Gasteiger partial charge on any atom is -0.497 e. The Balaban J connectivity index is 1.66. The topological polar surface area (TPSA) is 77.0 Å². The summed E-state index contributed by atoms with van der Waals surface area (Å²) in [6.45, 7) is 1.44. The van der Waals surface area contributed by atoms with Crippen LogP contribution in [-0.4, -0.2) is 44.4 Å². The lowest BCUT2D eigenvalue weighted by molar-refractivity contribution is -0.188. The molecule has 1 fully saturated rings. The fraction of sp³-hybridized carbons (Fsp3) is 0.389. The minimum absolute atomic E-state index is 0.158. The minimum atomic E-state index is -1.03. The number of benzene rings is 2. The molecule has 0 saturated carbocycles. The van der Waals surface area contributed by atoms with E-state index in [0.717, 1.165) is 11.1 Å². The Labute approximate surface area is 140 Å². The molecule has 0 atom stereocenters. The van der Waals surface area contributed by atoms with Crippen LogP contribution in [0.5, 0.6) is 5.75 Å². The zero-order valence-corrected chi connectivity index (χ0v) is 13.5. The zero-order valence-electron chi connectivity index (χ0n) is 13.5. The number of amides is 1. The van der Waals surface area contributed by atoms with Crippen molar-refractivity contribution in [3.8, 4) is 5.75 Å². The van der Waals surface area contributed by atoms with Crippen molar-refractivity contribution in [1.29, 1.82) is 0 Å². The molecular formula is C18H21NO5. The summed E-state index contributed by atoms with van der Waals surface area (Å²) in [4.78, 5) is 10.4. The van der Waals surface area contributed by atoms with Crippen LogP contribution in [0.3, 0.4) is 0 Å². The summed E-state index contributed by atoms with van der Waals surface area (Å²) in [7, 11) is 1.66. The van der Waals surface area contributed by atoms with E-state index in [0.29, 0.717) is 26.2 Å². The standard InChI is InChI=1S/C18H21NO5/c1-22-14-5-6-16-12(9-14)3-2-4-15(16)13-10-23-17(24-11-13)7-8-19-18(20)21/h2-6,9,13,17,19H,7-8,10-11H2,1H3,(H,20,21). The van der Waals surface area contributed by atoms with E-state index >= 15 is 0 Å². The average molecular weight is 331 g/mol. The molecule has 0 radical (unpaired) electrons. The predicted molar refractivity (Wildman–Crippen MR) is 89.6 cm³/mol. The first-order chi connectivity index (χ1) is 11.7. The van der Waals surface area contributed by atoms with Crippen molar-refractivity contribution in [3.63, 3.8) is 0 Å². The molecule has 2 aromatic rings. The molecule has 1 aliphatic rings. The molecular weight excluding hydrogens is 310 g/mol. The van der Waals surface area contributed by atoms with Crippen molar-refractivity contribution in [2.75, 3.05) is 26.9 Å². The Morgan fingerprint density at radius 2 is 2.08 bits per heavy atom. The van der Waals surface area contributed by atoms with Gasteiger partial charge in [0.2, 0.25) is 0 Å². The summed E-state index contributed by atoms with van der Waals surface area (Å²) in [6.07, 6.45) is -0.885. The molecule has 1 amide bonds. The van der Waals surface area contributed by atoms with Crippen LogP contribution in [0.2, 0.25) is 0 Å². The number of fused-ring (bicyclic) bond motifs is 1. The van der Waals surface area contributed by atoms with E-state index in [9.17, 15) is 4.79 Å². The van der Waals surface area contributed by atoms with Crippen LogP contribution in [-0.2, 0) is 9.47 Å². The molecule has 24 heavy (non-hydrogen) atoms. The van der Waals surface area contributed by atoms with Crippen molar-refractivity contribution in [2.45, 2.75) is 18.6 Å². The molecule has 0 unspecified atom stereocenters. The quantitative estimate of drug-likeness (QED) is 0.881. The van der Waals surface area contributed by atoms with Crippen molar-refractivity contribution >= 4 is 16.9 Å². The van der Waals surface area contributed by atoms with E-state index in [2.05, 4.69) is 23.5 Å². The Morgan fingerprint density at radius 3 is 2.79 bits per heavy atom. The van der Waals surface area contributed by atoms with Crippen LogP contribution >= 0.6 is 0 Å². The van der Waals surface area contributed by atoms with Gasteiger partial charge in [-0.25, -0.2) is 4.79 Å². The highest BCUT2D eigenvalue weighted by Crippen LogP contribution is 2.31. The lowest BCUT2D eigenvalue weighted by atomic mass is 9.94. The van der Waals surface area contributed by atoms with Crippen molar-refractivity contribution in [1.82, 2.24) is 5.32 Å².